The van der Waals surface area contributed by atoms with Gasteiger partial charge in [0.25, 0.3) is 0 Å². The first-order valence-electron chi connectivity index (χ1n) is 10.1. The van der Waals surface area contributed by atoms with E-state index in [1.807, 2.05) is 12.1 Å². The Balaban J connectivity index is 1.61. The fraction of sp³-hybridized carbons (Fsp3) is 0.455. The van der Waals surface area contributed by atoms with Crippen LogP contribution in [0.1, 0.15) is 12.0 Å². The zero-order valence-electron chi connectivity index (χ0n) is 17.4. The fourth-order valence-electron chi connectivity index (χ4n) is 3.32. The molecule has 0 bridgehead atoms. The van der Waals surface area contributed by atoms with E-state index in [1.165, 1.54) is 11.3 Å². The first-order chi connectivity index (χ1) is 14.1. The van der Waals surface area contributed by atoms with Crippen molar-refractivity contribution in [2.45, 2.75) is 13.0 Å². The number of thiocarbonyl (C=S) groups is 1. The van der Waals surface area contributed by atoms with Crippen LogP contribution in [-0.4, -0.2) is 73.4 Å². The van der Waals surface area contributed by atoms with Crippen LogP contribution in [0.3, 0.4) is 0 Å². The number of anilines is 2. The smallest absolute Gasteiger partial charge is 0.173 e. The van der Waals surface area contributed by atoms with Crippen LogP contribution in [0.5, 0.6) is 0 Å². The van der Waals surface area contributed by atoms with Crippen molar-refractivity contribution in [3.63, 3.8) is 0 Å². The van der Waals surface area contributed by atoms with Crippen LogP contribution in [0.25, 0.3) is 0 Å². The molecule has 0 amide bonds. The van der Waals surface area contributed by atoms with Crippen molar-refractivity contribution >= 4 is 28.7 Å². The monoisotopic (exact) mass is 413 g/mol. The summed E-state index contributed by atoms with van der Waals surface area (Å²) >= 11 is 5.74. The van der Waals surface area contributed by atoms with Gasteiger partial charge in [-0.3, -0.25) is 9.88 Å². The van der Waals surface area contributed by atoms with Gasteiger partial charge in [0.2, 0.25) is 0 Å². The van der Waals surface area contributed by atoms with Crippen molar-refractivity contribution in [3.05, 3.63) is 54.4 Å². The maximum atomic E-state index is 5.74. The van der Waals surface area contributed by atoms with Gasteiger partial charge in [-0.2, -0.15) is 0 Å². The zero-order chi connectivity index (χ0) is 20.5. The standard InChI is InChI=1S/C22H31N5OS/c1-25(2)21-8-6-19(7-9-21)18-27(12-4-11-26-13-15-28-16-14-26)22(29)24-20-5-3-10-23-17-20/h3,5-10,17H,4,11-16,18H2,1-2H3,(H,24,29). The molecule has 0 atom stereocenters. The van der Waals surface area contributed by atoms with Crippen molar-refractivity contribution in [2.75, 3.05) is 63.7 Å². The summed E-state index contributed by atoms with van der Waals surface area (Å²) in [5.74, 6) is 0. The Bertz CT molecular complexity index is 748. The molecule has 0 spiro atoms. The first kappa shape index (κ1) is 21.5. The number of rotatable bonds is 8. The van der Waals surface area contributed by atoms with Crippen LogP contribution in [0.4, 0.5) is 11.4 Å². The Kier molecular flexibility index (Phi) is 8.22. The molecular weight excluding hydrogens is 382 g/mol. The number of aromatic nitrogens is 1. The van der Waals surface area contributed by atoms with E-state index >= 15 is 0 Å². The van der Waals surface area contributed by atoms with Crippen molar-refractivity contribution in [1.82, 2.24) is 14.8 Å². The number of nitrogens with one attached hydrogen (secondary N) is 1. The summed E-state index contributed by atoms with van der Waals surface area (Å²) in [5, 5.41) is 4.07. The first-order valence-corrected chi connectivity index (χ1v) is 10.5. The molecule has 0 unspecified atom stereocenters. The highest BCUT2D eigenvalue weighted by Gasteiger charge is 2.14. The lowest BCUT2D eigenvalue weighted by atomic mass is 10.2. The molecule has 156 valence electrons. The maximum absolute atomic E-state index is 5.74. The van der Waals surface area contributed by atoms with Gasteiger partial charge in [0.1, 0.15) is 0 Å². The second-order valence-electron chi connectivity index (χ2n) is 7.46. The molecule has 1 fully saturated rings. The molecule has 1 aromatic heterocycles. The minimum atomic E-state index is 0.733. The molecule has 1 saturated heterocycles. The van der Waals surface area contributed by atoms with Crippen molar-refractivity contribution in [1.29, 1.82) is 0 Å². The predicted octanol–water partition coefficient (Wildman–Crippen LogP) is 3.07. The quantitative estimate of drug-likeness (QED) is 0.667. The molecule has 6 nitrogen and oxygen atoms in total. The van der Waals surface area contributed by atoms with E-state index in [0.717, 1.165) is 63.2 Å². The number of pyridine rings is 1. The average Bonchev–Trinajstić information content (AvgIpc) is 2.75. The molecule has 2 aromatic rings. The second kappa shape index (κ2) is 11.1. The van der Waals surface area contributed by atoms with Gasteiger partial charge in [0.05, 0.1) is 25.1 Å². The Hall–Kier alpha value is -2.22. The van der Waals surface area contributed by atoms with Crippen molar-refractivity contribution in [3.8, 4) is 0 Å². The highest BCUT2D eigenvalue weighted by Crippen LogP contribution is 2.15. The molecule has 0 radical (unpaired) electrons. The molecule has 1 N–H and O–H groups in total. The van der Waals surface area contributed by atoms with Gasteiger partial charge in [-0.15, -0.1) is 0 Å². The van der Waals surface area contributed by atoms with E-state index in [0.29, 0.717) is 0 Å². The van der Waals surface area contributed by atoms with Crippen molar-refractivity contribution in [2.24, 2.45) is 0 Å². The summed E-state index contributed by atoms with van der Waals surface area (Å²) < 4.78 is 5.44. The van der Waals surface area contributed by atoms with Gasteiger partial charge in [-0.25, -0.2) is 0 Å². The van der Waals surface area contributed by atoms with E-state index in [4.69, 9.17) is 17.0 Å². The predicted molar refractivity (Wildman–Crippen MR) is 124 cm³/mol. The highest BCUT2D eigenvalue weighted by molar-refractivity contribution is 7.80. The Morgan fingerprint density at radius 3 is 2.59 bits per heavy atom. The van der Waals surface area contributed by atoms with Crippen LogP contribution in [0.15, 0.2) is 48.8 Å². The Labute approximate surface area is 179 Å². The minimum absolute atomic E-state index is 0.733. The molecule has 1 aliphatic rings. The average molecular weight is 414 g/mol. The molecule has 3 rings (SSSR count). The molecule has 7 heteroatoms. The molecule has 1 aliphatic heterocycles. The Morgan fingerprint density at radius 1 is 1.17 bits per heavy atom. The van der Waals surface area contributed by atoms with E-state index in [1.54, 1.807) is 12.4 Å². The van der Waals surface area contributed by atoms with Crippen LogP contribution in [0.2, 0.25) is 0 Å². The van der Waals surface area contributed by atoms with Gasteiger partial charge < -0.3 is 19.9 Å². The van der Waals surface area contributed by atoms with Gasteiger partial charge in [0, 0.05) is 58.7 Å². The maximum Gasteiger partial charge on any atom is 0.173 e. The number of morpholine rings is 1. The fourth-order valence-corrected chi connectivity index (χ4v) is 3.60. The summed E-state index contributed by atoms with van der Waals surface area (Å²) in [6.45, 7) is 6.46. The topological polar surface area (TPSA) is 43.9 Å². The van der Waals surface area contributed by atoms with Crippen LogP contribution in [-0.2, 0) is 11.3 Å². The lowest BCUT2D eigenvalue weighted by Crippen LogP contribution is -2.40. The summed E-state index contributed by atoms with van der Waals surface area (Å²) in [4.78, 5) is 11.0. The third kappa shape index (κ3) is 6.96. The Morgan fingerprint density at radius 2 is 1.93 bits per heavy atom. The summed E-state index contributed by atoms with van der Waals surface area (Å²) in [7, 11) is 4.11. The summed E-state index contributed by atoms with van der Waals surface area (Å²) in [6.07, 6.45) is 4.62. The summed E-state index contributed by atoms with van der Waals surface area (Å²) in [6, 6.07) is 12.6. The second-order valence-corrected chi connectivity index (χ2v) is 7.85. The third-order valence-electron chi connectivity index (χ3n) is 5.03. The molecule has 29 heavy (non-hydrogen) atoms. The van der Waals surface area contributed by atoms with Gasteiger partial charge >= 0.3 is 0 Å². The lowest BCUT2D eigenvalue weighted by molar-refractivity contribution is 0.0368. The normalized spacial score (nSPS) is 14.4. The van der Waals surface area contributed by atoms with E-state index < -0.39 is 0 Å². The minimum Gasteiger partial charge on any atom is -0.379 e. The van der Waals surface area contributed by atoms with E-state index in [2.05, 4.69) is 63.4 Å². The number of hydrogen-bond acceptors (Lipinski definition) is 5. The van der Waals surface area contributed by atoms with Crippen molar-refractivity contribution < 1.29 is 4.74 Å². The van der Waals surface area contributed by atoms with Crippen LogP contribution >= 0.6 is 12.2 Å². The third-order valence-corrected chi connectivity index (χ3v) is 5.39. The number of hydrogen-bond donors (Lipinski definition) is 1. The van der Waals surface area contributed by atoms with Gasteiger partial charge in [-0.05, 0) is 48.5 Å². The number of benzene rings is 1. The SMILES string of the molecule is CN(C)c1ccc(CN(CCCN2CCOCC2)C(=S)Nc2cccnc2)cc1. The molecule has 1 aromatic carbocycles. The van der Waals surface area contributed by atoms with Gasteiger partial charge in [0.15, 0.2) is 5.11 Å². The van der Waals surface area contributed by atoms with Gasteiger partial charge in [-0.1, -0.05) is 12.1 Å². The van der Waals surface area contributed by atoms with Crippen LogP contribution < -0.4 is 10.2 Å². The lowest BCUT2D eigenvalue weighted by Gasteiger charge is -2.29. The molecule has 0 aliphatic carbocycles. The number of nitrogens with zero attached hydrogens (tertiary/aromatic N) is 4. The summed E-state index contributed by atoms with van der Waals surface area (Å²) in [5.41, 5.74) is 3.36. The molecule has 2 heterocycles. The zero-order valence-corrected chi connectivity index (χ0v) is 18.2. The van der Waals surface area contributed by atoms with Crippen LogP contribution in [0, 0.1) is 0 Å². The van der Waals surface area contributed by atoms with E-state index in [9.17, 15) is 0 Å². The molecular formula is C22H31N5OS. The highest BCUT2D eigenvalue weighted by atomic mass is 32.1. The molecule has 0 saturated carbocycles. The largest absolute Gasteiger partial charge is 0.379 e. The van der Waals surface area contributed by atoms with E-state index in [-0.39, 0.29) is 0 Å². The number of ether oxygens (including phenoxy) is 1.